The van der Waals surface area contributed by atoms with Crippen LogP contribution in [0.1, 0.15) is 17.3 Å². The molecule has 1 saturated heterocycles. The number of hydrogen-bond acceptors (Lipinski definition) is 3. The summed E-state index contributed by atoms with van der Waals surface area (Å²) in [7, 11) is 0. The number of carboxylic acids is 1. The number of aromatic carboxylic acids is 1. The Bertz CT molecular complexity index is 377. The van der Waals surface area contributed by atoms with Crippen LogP contribution in [-0.2, 0) is 0 Å². The second-order valence-electron chi connectivity index (χ2n) is 3.97. The number of nitrogens with zero attached hydrogens (tertiary/aromatic N) is 1. The van der Waals surface area contributed by atoms with Crippen LogP contribution in [0.3, 0.4) is 0 Å². The molecule has 1 atom stereocenters. The van der Waals surface area contributed by atoms with Crippen molar-refractivity contribution in [2.75, 3.05) is 23.0 Å². The SMILES string of the molecule is CC1CSCCN1c1ccc(C(=O)O)cc1. The Morgan fingerprint density at radius 3 is 2.69 bits per heavy atom. The molecule has 2 rings (SSSR count). The lowest BCUT2D eigenvalue weighted by Gasteiger charge is -2.35. The number of carbonyl (C=O) groups is 1. The van der Waals surface area contributed by atoms with E-state index in [0.29, 0.717) is 11.6 Å². The Morgan fingerprint density at radius 2 is 2.12 bits per heavy atom. The minimum Gasteiger partial charge on any atom is -0.478 e. The fraction of sp³-hybridized carbons (Fsp3) is 0.417. The van der Waals surface area contributed by atoms with Crippen LogP contribution in [0.2, 0.25) is 0 Å². The molecule has 1 aromatic carbocycles. The lowest BCUT2D eigenvalue weighted by atomic mass is 10.1. The van der Waals surface area contributed by atoms with Gasteiger partial charge in [-0.15, -0.1) is 0 Å². The summed E-state index contributed by atoms with van der Waals surface area (Å²) >= 11 is 1.97. The molecule has 16 heavy (non-hydrogen) atoms. The molecular formula is C12H15NO2S. The Morgan fingerprint density at radius 1 is 1.44 bits per heavy atom. The number of carboxylic acid groups (broad SMARTS) is 1. The first-order chi connectivity index (χ1) is 7.68. The predicted octanol–water partition coefficient (Wildman–Crippen LogP) is 2.33. The number of hydrogen-bond donors (Lipinski definition) is 1. The fourth-order valence-electron chi connectivity index (χ4n) is 1.91. The molecule has 1 aliphatic heterocycles. The molecule has 0 radical (unpaired) electrons. The molecule has 86 valence electrons. The van der Waals surface area contributed by atoms with E-state index in [2.05, 4.69) is 11.8 Å². The van der Waals surface area contributed by atoms with Gasteiger partial charge in [0.25, 0.3) is 0 Å². The number of thioether (sulfide) groups is 1. The molecule has 1 aliphatic rings. The topological polar surface area (TPSA) is 40.5 Å². The molecule has 0 saturated carbocycles. The lowest BCUT2D eigenvalue weighted by Crippen LogP contribution is -2.40. The van der Waals surface area contributed by atoms with Crippen LogP contribution >= 0.6 is 11.8 Å². The minimum atomic E-state index is -0.867. The van der Waals surface area contributed by atoms with Crippen LogP contribution in [0.15, 0.2) is 24.3 Å². The number of anilines is 1. The van der Waals surface area contributed by atoms with Gasteiger partial charge in [-0.1, -0.05) is 0 Å². The molecule has 1 N–H and O–H groups in total. The van der Waals surface area contributed by atoms with Gasteiger partial charge in [0.1, 0.15) is 0 Å². The van der Waals surface area contributed by atoms with Crippen molar-refractivity contribution < 1.29 is 9.90 Å². The number of benzene rings is 1. The third-order valence-electron chi connectivity index (χ3n) is 2.81. The molecule has 3 nitrogen and oxygen atoms in total. The van der Waals surface area contributed by atoms with E-state index in [4.69, 9.17) is 5.11 Å². The van der Waals surface area contributed by atoms with Gasteiger partial charge in [0.15, 0.2) is 0 Å². The zero-order valence-corrected chi connectivity index (χ0v) is 10.0. The molecular weight excluding hydrogens is 222 g/mol. The molecule has 0 aromatic heterocycles. The average Bonchev–Trinajstić information content (AvgIpc) is 2.30. The summed E-state index contributed by atoms with van der Waals surface area (Å²) in [6, 6.07) is 7.67. The minimum absolute atomic E-state index is 0.350. The highest BCUT2D eigenvalue weighted by atomic mass is 32.2. The molecule has 4 heteroatoms. The molecule has 1 heterocycles. The zero-order valence-electron chi connectivity index (χ0n) is 9.22. The molecule has 1 aromatic rings. The van der Waals surface area contributed by atoms with E-state index in [1.165, 1.54) is 0 Å². The fourth-order valence-corrected chi connectivity index (χ4v) is 2.92. The van der Waals surface area contributed by atoms with E-state index < -0.39 is 5.97 Å². The maximum absolute atomic E-state index is 10.7. The van der Waals surface area contributed by atoms with E-state index in [1.54, 1.807) is 12.1 Å². The summed E-state index contributed by atoms with van der Waals surface area (Å²) in [5.74, 6) is 1.42. The van der Waals surface area contributed by atoms with Crippen LogP contribution in [0.25, 0.3) is 0 Å². The van der Waals surface area contributed by atoms with E-state index in [9.17, 15) is 4.79 Å². The van der Waals surface area contributed by atoms with Crippen molar-refractivity contribution in [1.82, 2.24) is 0 Å². The third kappa shape index (κ3) is 2.32. The van der Waals surface area contributed by atoms with Gasteiger partial charge in [0.05, 0.1) is 5.56 Å². The van der Waals surface area contributed by atoms with Crippen LogP contribution < -0.4 is 4.90 Å². The zero-order chi connectivity index (χ0) is 11.5. The first kappa shape index (κ1) is 11.3. The van der Waals surface area contributed by atoms with Gasteiger partial charge in [-0.3, -0.25) is 0 Å². The first-order valence-corrected chi connectivity index (χ1v) is 6.51. The van der Waals surface area contributed by atoms with Crippen LogP contribution in [0.4, 0.5) is 5.69 Å². The van der Waals surface area contributed by atoms with Crippen LogP contribution in [0.5, 0.6) is 0 Å². The van der Waals surface area contributed by atoms with Gasteiger partial charge in [0, 0.05) is 29.8 Å². The van der Waals surface area contributed by atoms with Crippen molar-refractivity contribution in [1.29, 1.82) is 0 Å². The highest BCUT2D eigenvalue weighted by molar-refractivity contribution is 7.99. The van der Waals surface area contributed by atoms with Crippen molar-refractivity contribution in [3.8, 4) is 0 Å². The number of rotatable bonds is 2. The van der Waals surface area contributed by atoms with Gasteiger partial charge < -0.3 is 10.0 Å². The predicted molar refractivity (Wildman–Crippen MR) is 67.5 cm³/mol. The normalized spacial score (nSPS) is 20.8. The monoisotopic (exact) mass is 237 g/mol. The van der Waals surface area contributed by atoms with Crippen molar-refractivity contribution in [3.05, 3.63) is 29.8 Å². The van der Waals surface area contributed by atoms with Crippen molar-refractivity contribution in [3.63, 3.8) is 0 Å². The Hall–Kier alpha value is -1.16. The smallest absolute Gasteiger partial charge is 0.335 e. The van der Waals surface area contributed by atoms with Crippen LogP contribution in [-0.4, -0.2) is 35.2 Å². The average molecular weight is 237 g/mol. The van der Waals surface area contributed by atoms with E-state index in [-0.39, 0.29) is 0 Å². The van der Waals surface area contributed by atoms with E-state index >= 15 is 0 Å². The lowest BCUT2D eigenvalue weighted by molar-refractivity contribution is 0.0697. The van der Waals surface area contributed by atoms with Crippen LogP contribution in [0, 0.1) is 0 Å². The standard InChI is InChI=1S/C12H15NO2S/c1-9-8-16-7-6-13(9)11-4-2-10(3-5-11)12(14)15/h2-5,9H,6-8H2,1H3,(H,14,15). The quantitative estimate of drug-likeness (QED) is 0.857. The second-order valence-corrected chi connectivity index (χ2v) is 5.12. The van der Waals surface area contributed by atoms with Crippen molar-refractivity contribution in [2.24, 2.45) is 0 Å². The molecule has 0 bridgehead atoms. The molecule has 1 unspecified atom stereocenters. The van der Waals surface area contributed by atoms with Crippen molar-refractivity contribution in [2.45, 2.75) is 13.0 Å². The molecule has 1 fully saturated rings. The highest BCUT2D eigenvalue weighted by Gasteiger charge is 2.18. The van der Waals surface area contributed by atoms with Gasteiger partial charge in [0.2, 0.25) is 0 Å². The Balaban J connectivity index is 2.17. The maximum Gasteiger partial charge on any atom is 0.335 e. The summed E-state index contributed by atoms with van der Waals surface area (Å²) in [4.78, 5) is 13.1. The second kappa shape index (κ2) is 4.78. The largest absolute Gasteiger partial charge is 0.478 e. The summed E-state index contributed by atoms with van der Waals surface area (Å²) in [5.41, 5.74) is 1.47. The third-order valence-corrected chi connectivity index (χ3v) is 4.00. The van der Waals surface area contributed by atoms with Gasteiger partial charge in [-0.05, 0) is 31.2 Å². The summed E-state index contributed by atoms with van der Waals surface area (Å²) in [5, 5.41) is 8.82. The van der Waals surface area contributed by atoms with Gasteiger partial charge in [-0.2, -0.15) is 11.8 Å². The van der Waals surface area contributed by atoms with E-state index in [0.717, 1.165) is 23.7 Å². The summed E-state index contributed by atoms with van der Waals surface area (Å²) < 4.78 is 0. The first-order valence-electron chi connectivity index (χ1n) is 5.36. The maximum atomic E-state index is 10.7. The summed E-state index contributed by atoms with van der Waals surface area (Å²) in [6.07, 6.45) is 0. The Kier molecular flexibility index (Phi) is 3.39. The Labute approximate surface area is 99.5 Å². The van der Waals surface area contributed by atoms with E-state index in [1.807, 2.05) is 23.9 Å². The van der Waals surface area contributed by atoms with Gasteiger partial charge >= 0.3 is 5.97 Å². The van der Waals surface area contributed by atoms with Gasteiger partial charge in [-0.25, -0.2) is 4.79 Å². The molecule has 0 aliphatic carbocycles. The molecule has 0 amide bonds. The molecule has 0 spiro atoms. The summed E-state index contributed by atoms with van der Waals surface area (Å²) in [6.45, 7) is 3.25. The van der Waals surface area contributed by atoms with Crippen molar-refractivity contribution >= 4 is 23.4 Å². The highest BCUT2D eigenvalue weighted by Crippen LogP contribution is 2.24.